The third-order valence-electron chi connectivity index (χ3n) is 2.24. The molecule has 1 aliphatic heterocycles. The molecule has 1 nitrogen and oxygen atoms in total. The first kappa shape index (κ1) is 8.11. The number of fused-ring (bicyclic) bond motifs is 1. The fraction of sp³-hybridized carbons (Fsp3) is 0.400. The lowest BCUT2D eigenvalue weighted by molar-refractivity contribution is 0.247. The van der Waals surface area contributed by atoms with Crippen LogP contribution >= 0.6 is 15.9 Å². The lowest BCUT2D eigenvalue weighted by Crippen LogP contribution is -2.18. The molecule has 0 saturated heterocycles. The van der Waals surface area contributed by atoms with Crippen LogP contribution in [0, 0.1) is 0 Å². The standard InChI is InChI=1S/C10H11BrO/c1-7-6-10(11)12-9-5-3-2-4-8(7)9/h2-5,7,10H,6H2,1H3. The predicted octanol–water partition coefficient (Wildman–Crippen LogP) is 3.29. The van der Waals surface area contributed by atoms with E-state index < -0.39 is 0 Å². The number of rotatable bonds is 0. The molecule has 2 unspecified atom stereocenters. The zero-order valence-electron chi connectivity index (χ0n) is 6.96. The van der Waals surface area contributed by atoms with Crippen molar-refractivity contribution < 1.29 is 4.74 Å². The number of alkyl halides is 1. The summed E-state index contributed by atoms with van der Waals surface area (Å²) < 4.78 is 5.62. The molecule has 0 spiro atoms. The SMILES string of the molecule is CC1CC(Br)Oc2ccccc21. The van der Waals surface area contributed by atoms with Gasteiger partial charge in [0.05, 0.1) is 0 Å². The molecular formula is C10H11BrO. The first-order chi connectivity index (χ1) is 5.77. The lowest BCUT2D eigenvalue weighted by atomic mass is 9.95. The average Bonchev–Trinajstić information content (AvgIpc) is 2.04. The van der Waals surface area contributed by atoms with E-state index in [4.69, 9.17) is 4.74 Å². The molecule has 0 saturated carbocycles. The highest BCUT2D eigenvalue weighted by atomic mass is 79.9. The van der Waals surface area contributed by atoms with Crippen LogP contribution in [-0.4, -0.2) is 5.01 Å². The number of para-hydroxylation sites is 1. The van der Waals surface area contributed by atoms with Gasteiger partial charge in [-0.15, -0.1) is 0 Å². The normalized spacial score (nSPS) is 27.5. The number of halogens is 1. The van der Waals surface area contributed by atoms with Crippen LogP contribution in [0.1, 0.15) is 24.8 Å². The Morgan fingerprint density at radius 2 is 2.17 bits per heavy atom. The second kappa shape index (κ2) is 3.09. The molecule has 0 aliphatic carbocycles. The molecule has 1 aliphatic rings. The minimum atomic E-state index is 0.183. The van der Waals surface area contributed by atoms with Crippen molar-refractivity contribution in [3.05, 3.63) is 29.8 Å². The van der Waals surface area contributed by atoms with Crippen LogP contribution in [0.25, 0.3) is 0 Å². The van der Waals surface area contributed by atoms with Crippen molar-refractivity contribution in [2.24, 2.45) is 0 Å². The first-order valence-electron chi connectivity index (χ1n) is 4.17. The summed E-state index contributed by atoms with van der Waals surface area (Å²) in [6.07, 6.45) is 1.05. The van der Waals surface area contributed by atoms with E-state index in [0.717, 1.165) is 12.2 Å². The monoisotopic (exact) mass is 226 g/mol. The molecule has 64 valence electrons. The van der Waals surface area contributed by atoms with Crippen LogP contribution in [0.3, 0.4) is 0 Å². The summed E-state index contributed by atoms with van der Waals surface area (Å²) in [6.45, 7) is 2.23. The maximum absolute atomic E-state index is 5.62. The number of ether oxygens (including phenoxy) is 1. The molecule has 0 N–H and O–H groups in total. The summed E-state index contributed by atoms with van der Waals surface area (Å²) in [4.78, 5) is 0. The number of benzene rings is 1. The molecule has 1 aromatic carbocycles. The highest BCUT2D eigenvalue weighted by Gasteiger charge is 2.22. The van der Waals surface area contributed by atoms with Gasteiger partial charge in [-0.05, 0) is 33.5 Å². The first-order valence-corrected chi connectivity index (χ1v) is 5.08. The van der Waals surface area contributed by atoms with E-state index in [2.05, 4.69) is 35.0 Å². The lowest BCUT2D eigenvalue weighted by Gasteiger charge is -2.26. The minimum absolute atomic E-state index is 0.183. The van der Waals surface area contributed by atoms with Gasteiger partial charge in [-0.25, -0.2) is 0 Å². The average molecular weight is 227 g/mol. The topological polar surface area (TPSA) is 9.23 Å². The largest absolute Gasteiger partial charge is 0.479 e. The minimum Gasteiger partial charge on any atom is -0.479 e. The summed E-state index contributed by atoms with van der Waals surface area (Å²) in [6, 6.07) is 8.24. The smallest absolute Gasteiger partial charge is 0.153 e. The Labute approximate surface area is 80.9 Å². The molecule has 0 aromatic heterocycles. The Morgan fingerprint density at radius 1 is 1.42 bits per heavy atom. The summed E-state index contributed by atoms with van der Waals surface area (Å²) in [5, 5.41) is 0.183. The molecular weight excluding hydrogens is 216 g/mol. The molecule has 0 bridgehead atoms. The Morgan fingerprint density at radius 3 is 3.00 bits per heavy atom. The van der Waals surface area contributed by atoms with Gasteiger partial charge in [-0.2, -0.15) is 0 Å². The Hall–Kier alpha value is -0.500. The van der Waals surface area contributed by atoms with Gasteiger partial charge < -0.3 is 4.74 Å². The van der Waals surface area contributed by atoms with E-state index in [-0.39, 0.29) is 5.01 Å². The zero-order chi connectivity index (χ0) is 8.55. The van der Waals surface area contributed by atoms with Crippen molar-refractivity contribution in [2.45, 2.75) is 24.3 Å². The number of hydrogen-bond donors (Lipinski definition) is 0. The van der Waals surface area contributed by atoms with Crippen LogP contribution in [-0.2, 0) is 0 Å². The van der Waals surface area contributed by atoms with Crippen molar-refractivity contribution in [2.75, 3.05) is 0 Å². The van der Waals surface area contributed by atoms with Gasteiger partial charge in [0.15, 0.2) is 5.01 Å². The molecule has 2 rings (SSSR count). The van der Waals surface area contributed by atoms with Gasteiger partial charge in [-0.1, -0.05) is 25.1 Å². The molecule has 0 radical (unpaired) electrons. The predicted molar refractivity (Wildman–Crippen MR) is 52.8 cm³/mol. The van der Waals surface area contributed by atoms with Gasteiger partial charge in [0.1, 0.15) is 5.75 Å². The van der Waals surface area contributed by atoms with E-state index in [9.17, 15) is 0 Å². The van der Waals surface area contributed by atoms with Crippen LogP contribution < -0.4 is 4.74 Å². The van der Waals surface area contributed by atoms with Gasteiger partial charge in [0.2, 0.25) is 0 Å². The summed E-state index contributed by atoms with van der Waals surface area (Å²) in [7, 11) is 0. The van der Waals surface area contributed by atoms with Crippen molar-refractivity contribution in [1.29, 1.82) is 0 Å². The van der Waals surface area contributed by atoms with Gasteiger partial charge >= 0.3 is 0 Å². The fourth-order valence-electron chi connectivity index (χ4n) is 1.59. The highest BCUT2D eigenvalue weighted by Crippen LogP contribution is 2.37. The summed E-state index contributed by atoms with van der Waals surface area (Å²) in [5.74, 6) is 1.62. The van der Waals surface area contributed by atoms with Gasteiger partial charge in [0.25, 0.3) is 0 Å². The second-order valence-corrected chi connectivity index (χ2v) is 4.22. The van der Waals surface area contributed by atoms with E-state index in [0.29, 0.717) is 5.92 Å². The van der Waals surface area contributed by atoms with Crippen molar-refractivity contribution in [3.63, 3.8) is 0 Å². The summed E-state index contributed by atoms with van der Waals surface area (Å²) in [5.41, 5.74) is 1.33. The van der Waals surface area contributed by atoms with Gasteiger partial charge in [0, 0.05) is 6.42 Å². The third-order valence-corrected chi connectivity index (χ3v) is 2.80. The maximum Gasteiger partial charge on any atom is 0.153 e. The third kappa shape index (κ3) is 1.36. The van der Waals surface area contributed by atoms with E-state index in [1.807, 2.05) is 12.1 Å². The van der Waals surface area contributed by atoms with Gasteiger partial charge in [-0.3, -0.25) is 0 Å². The van der Waals surface area contributed by atoms with Crippen molar-refractivity contribution >= 4 is 15.9 Å². The van der Waals surface area contributed by atoms with Crippen molar-refractivity contribution in [3.8, 4) is 5.75 Å². The highest BCUT2D eigenvalue weighted by molar-refractivity contribution is 9.09. The van der Waals surface area contributed by atoms with E-state index in [1.54, 1.807) is 0 Å². The molecule has 12 heavy (non-hydrogen) atoms. The molecule has 0 fully saturated rings. The maximum atomic E-state index is 5.62. The molecule has 1 heterocycles. The van der Waals surface area contributed by atoms with Crippen LogP contribution in [0.5, 0.6) is 5.75 Å². The summed E-state index contributed by atoms with van der Waals surface area (Å²) >= 11 is 3.48. The van der Waals surface area contributed by atoms with E-state index >= 15 is 0 Å². The second-order valence-electron chi connectivity index (χ2n) is 3.20. The molecule has 2 heteroatoms. The van der Waals surface area contributed by atoms with Crippen LogP contribution in [0.4, 0.5) is 0 Å². The number of hydrogen-bond acceptors (Lipinski definition) is 1. The quantitative estimate of drug-likeness (QED) is 0.618. The Bertz CT molecular complexity index is 285. The van der Waals surface area contributed by atoms with Crippen molar-refractivity contribution in [1.82, 2.24) is 0 Å². The Balaban J connectivity index is 2.40. The molecule has 0 amide bonds. The van der Waals surface area contributed by atoms with E-state index in [1.165, 1.54) is 5.56 Å². The molecule has 1 aromatic rings. The Kier molecular flexibility index (Phi) is 2.09. The fourth-order valence-corrected chi connectivity index (χ4v) is 2.35. The zero-order valence-corrected chi connectivity index (χ0v) is 8.54. The molecule has 2 atom stereocenters. The van der Waals surface area contributed by atoms with Crippen LogP contribution in [0.2, 0.25) is 0 Å². The van der Waals surface area contributed by atoms with Crippen LogP contribution in [0.15, 0.2) is 24.3 Å².